The number of aromatic amines is 1. The number of aryl methyl sites for hydroxylation is 3. The number of benzene rings is 3. The van der Waals surface area contributed by atoms with Gasteiger partial charge >= 0.3 is 5.69 Å². The maximum atomic E-state index is 13.6. The molecule has 1 fully saturated rings. The van der Waals surface area contributed by atoms with Gasteiger partial charge in [0.15, 0.2) is 0 Å². The Balaban J connectivity index is 1.51. The molecule has 1 aliphatic rings. The van der Waals surface area contributed by atoms with Gasteiger partial charge in [-0.1, -0.05) is 12.1 Å². The number of fused-ring (bicyclic) bond motifs is 3. The van der Waals surface area contributed by atoms with Gasteiger partial charge < -0.3 is 9.72 Å². The zero-order chi connectivity index (χ0) is 27.8. The standard InChI is InChI=1S/C29H28N6O4S/c1-18-4-7-21-22(17-30-24(21)14-18)28-31-23-8-6-20(40(37,38)34-10-12-39-13-11-34)16-26(23)35(28)19-5-9-25-27(15-19)33(3)29(36)32(25)2/h4-9,14-17,30H,10-13H2,1-3H3. The first-order chi connectivity index (χ1) is 19.2. The van der Waals surface area contributed by atoms with Crippen molar-refractivity contribution in [3.63, 3.8) is 0 Å². The normalized spacial score (nSPS) is 15.1. The number of nitrogens with zero attached hydrogens (tertiary/aromatic N) is 5. The minimum absolute atomic E-state index is 0.117. The van der Waals surface area contributed by atoms with Gasteiger partial charge in [0.2, 0.25) is 10.0 Å². The van der Waals surface area contributed by atoms with Crippen LogP contribution in [-0.2, 0) is 28.9 Å². The van der Waals surface area contributed by atoms with Crippen LogP contribution in [0.3, 0.4) is 0 Å². The first-order valence-corrected chi connectivity index (χ1v) is 14.5. The Morgan fingerprint density at radius 2 is 1.68 bits per heavy atom. The summed E-state index contributed by atoms with van der Waals surface area (Å²) in [6, 6.07) is 17.1. The van der Waals surface area contributed by atoms with Crippen molar-refractivity contribution < 1.29 is 13.2 Å². The molecule has 7 rings (SSSR count). The van der Waals surface area contributed by atoms with Crippen LogP contribution in [0.4, 0.5) is 0 Å². The lowest BCUT2D eigenvalue weighted by molar-refractivity contribution is 0.0730. The van der Waals surface area contributed by atoms with Crippen molar-refractivity contribution in [3.05, 3.63) is 76.8 Å². The highest BCUT2D eigenvalue weighted by molar-refractivity contribution is 7.89. The molecule has 3 aromatic carbocycles. The first kappa shape index (κ1) is 24.8. The number of nitrogens with one attached hydrogen (secondary N) is 1. The summed E-state index contributed by atoms with van der Waals surface area (Å²) in [6.07, 6.45) is 1.93. The third kappa shape index (κ3) is 3.65. The largest absolute Gasteiger partial charge is 0.379 e. The fraction of sp³-hybridized carbons (Fsp3) is 0.241. The second kappa shape index (κ2) is 8.91. The van der Waals surface area contributed by atoms with Crippen LogP contribution in [0.1, 0.15) is 5.56 Å². The molecule has 6 aromatic rings. The molecule has 11 heteroatoms. The molecule has 10 nitrogen and oxygen atoms in total. The monoisotopic (exact) mass is 556 g/mol. The van der Waals surface area contributed by atoms with Crippen molar-refractivity contribution in [1.29, 1.82) is 0 Å². The zero-order valence-electron chi connectivity index (χ0n) is 22.4. The van der Waals surface area contributed by atoms with Gasteiger partial charge in [0.25, 0.3) is 0 Å². The Hall–Kier alpha value is -4.19. The number of ether oxygens (including phenoxy) is 1. The lowest BCUT2D eigenvalue weighted by atomic mass is 10.1. The summed E-state index contributed by atoms with van der Waals surface area (Å²) in [7, 11) is -0.227. The lowest BCUT2D eigenvalue weighted by Crippen LogP contribution is -2.40. The van der Waals surface area contributed by atoms with Gasteiger partial charge in [0, 0.05) is 55.5 Å². The molecule has 0 unspecified atom stereocenters. The smallest absolute Gasteiger partial charge is 0.328 e. The highest BCUT2D eigenvalue weighted by atomic mass is 32.2. The van der Waals surface area contributed by atoms with Crippen LogP contribution in [0.2, 0.25) is 0 Å². The summed E-state index contributed by atoms with van der Waals surface area (Å²) in [4.78, 5) is 21.2. The third-order valence-corrected chi connectivity index (χ3v) is 9.72. The van der Waals surface area contributed by atoms with E-state index in [2.05, 4.69) is 23.2 Å². The Kier molecular flexibility index (Phi) is 5.53. The molecular weight excluding hydrogens is 528 g/mol. The minimum atomic E-state index is -3.72. The molecule has 0 aliphatic carbocycles. The van der Waals surface area contributed by atoms with Gasteiger partial charge in [-0.15, -0.1) is 0 Å². The molecule has 0 atom stereocenters. The summed E-state index contributed by atoms with van der Waals surface area (Å²) in [5, 5.41) is 1.01. The van der Waals surface area contributed by atoms with Crippen molar-refractivity contribution in [3.8, 4) is 17.1 Å². The van der Waals surface area contributed by atoms with Crippen LogP contribution < -0.4 is 5.69 Å². The van der Waals surface area contributed by atoms with E-state index in [4.69, 9.17) is 9.72 Å². The van der Waals surface area contributed by atoms with E-state index in [1.165, 1.54) is 4.31 Å². The van der Waals surface area contributed by atoms with Crippen LogP contribution in [0.15, 0.2) is 70.5 Å². The molecule has 1 N–H and O–H groups in total. The number of morpholine rings is 1. The van der Waals surface area contributed by atoms with Crippen molar-refractivity contribution >= 4 is 43.0 Å². The van der Waals surface area contributed by atoms with Crippen molar-refractivity contribution in [2.75, 3.05) is 26.3 Å². The lowest BCUT2D eigenvalue weighted by Gasteiger charge is -2.26. The van der Waals surface area contributed by atoms with E-state index in [1.54, 1.807) is 41.4 Å². The van der Waals surface area contributed by atoms with Crippen LogP contribution in [-0.4, -0.2) is 62.7 Å². The second-order valence-corrected chi connectivity index (χ2v) is 12.2. The summed E-state index contributed by atoms with van der Waals surface area (Å²) in [5.74, 6) is 0.673. The van der Waals surface area contributed by atoms with Crippen LogP contribution in [0.25, 0.3) is 50.0 Å². The van der Waals surface area contributed by atoms with Crippen LogP contribution in [0, 0.1) is 6.92 Å². The molecule has 3 aromatic heterocycles. The molecule has 0 bridgehead atoms. The highest BCUT2D eigenvalue weighted by Gasteiger charge is 2.28. The molecule has 0 radical (unpaired) electrons. The van der Waals surface area contributed by atoms with Gasteiger partial charge in [0.1, 0.15) is 5.82 Å². The van der Waals surface area contributed by atoms with Crippen molar-refractivity contribution in [2.45, 2.75) is 11.8 Å². The predicted molar refractivity (Wildman–Crippen MR) is 154 cm³/mol. The molecule has 0 amide bonds. The van der Waals surface area contributed by atoms with Crippen LogP contribution in [0.5, 0.6) is 0 Å². The van der Waals surface area contributed by atoms with E-state index in [0.29, 0.717) is 43.2 Å². The van der Waals surface area contributed by atoms with E-state index < -0.39 is 10.0 Å². The predicted octanol–water partition coefficient (Wildman–Crippen LogP) is 3.69. The maximum Gasteiger partial charge on any atom is 0.328 e. The number of H-pyrrole nitrogens is 1. The number of imidazole rings is 2. The second-order valence-electron chi connectivity index (χ2n) is 10.3. The molecular formula is C29H28N6O4S. The van der Waals surface area contributed by atoms with Gasteiger partial charge in [-0.3, -0.25) is 13.7 Å². The number of hydrogen-bond donors (Lipinski definition) is 1. The maximum absolute atomic E-state index is 13.6. The van der Waals surface area contributed by atoms with Gasteiger partial charge in [-0.2, -0.15) is 4.31 Å². The molecule has 1 saturated heterocycles. The number of hydrogen-bond acceptors (Lipinski definition) is 5. The number of aromatic nitrogens is 5. The van der Waals surface area contributed by atoms with Gasteiger partial charge in [-0.25, -0.2) is 18.2 Å². The fourth-order valence-electron chi connectivity index (χ4n) is 5.65. The molecule has 204 valence electrons. The zero-order valence-corrected chi connectivity index (χ0v) is 23.2. The molecule has 4 heterocycles. The Morgan fingerprint density at radius 3 is 2.48 bits per heavy atom. The summed E-state index contributed by atoms with van der Waals surface area (Å²) in [5.41, 5.74) is 6.58. The number of rotatable bonds is 4. The molecule has 1 aliphatic heterocycles. The van der Waals surface area contributed by atoms with E-state index in [9.17, 15) is 13.2 Å². The van der Waals surface area contributed by atoms with Crippen molar-refractivity contribution in [2.24, 2.45) is 14.1 Å². The van der Waals surface area contributed by atoms with E-state index >= 15 is 0 Å². The van der Waals surface area contributed by atoms with Gasteiger partial charge in [0.05, 0.1) is 40.2 Å². The van der Waals surface area contributed by atoms with E-state index in [-0.39, 0.29) is 10.6 Å². The Morgan fingerprint density at radius 1 is 0.900 bits per heavy atom. The Labute approximate surface area is 230 Å². The molecule has 0 saturated carbocycles. The first-order valence-electron chi connectivity index (χ1n) is 13.1. The summed E-state index contributed by atoms with van der Waals surface area (Å²) in [6.45, 7) is 3.43. The van der Waals surface area contributed by atoms with E-state index in [0.717, 1.165) is 38.8 Å². The topological polar surface area (TPSA) is 107 Å². The molecule has 0 spiro atoms. The quantitative estimate of drug-likeness (QED) is 0.356. The molecule has 40 heavy (non-hydrogen) atoms. The van der Waals surface area contributed by atoms with Crippen molar-refractivity contribution in [1.82, 2.24) is 28.0 Å². The SMILES string of the molecule is Cc1ccc2c(-c3nc4ccc(S(=O)(=O)N5CCOCC5)cc4n3-c3ccc4c(c3)n(C)c(=O)n4C)c[nH]c2c1. The third-order valence-electron chi connectivity index (χ3n) is 7.83. The van der Waals surface area contributed by atoms with Gasteiger partial charge in [-0.05, 0) is 55.0 Å². The fourth-order valence-corrected chi connectivity index (χ4v) is 7.08. The van der Waals surface area contributed by atoms with Crippen LogP contribution >= 0.6 is 0 Å². The number of sulfonamides is 1. The summed E-state index contributed by atoms with van der Waals surface area (Å²) >= 11 is 0. The Bertz CT molecular complexity index is 2130. The summed E-state index contributed by atoms with van der Waals surface area (Å²) < 4.78 is 39.2. The minimum Gasteiger partial charge on any atom is -0.379 e. The highest BCUT2D eigenvalue weighted by Crippen LogP contribution is 2.35. The van der Waals surface area contributed by atoms with E-state index in [1.807, 2.05) is 35.9 Å². The average molecular weight is 557 g/mol. The average Bonchev–Trinajstić information content (AvgIpc) is 3.61.